The normalized spacial score (nSPS) is 40.6. The molecule has 0 aromatic carbocycles. The molecule has 0 bridgehead atoms. The van der Waals surface area contributed by atoms with Gasteiger partial charge in [-0.1, -0.05) is 0 Å². The van der Waals surface area contributed by atoms with Gasteiger partial charge in [0, 0.05) is 6.54 Å². The Kier molecular flexibility index (Phi) is 1.77. The van der Waals surface area contributed by atoms with Gasteiger partial charge in [-0.3, -0.25) is 9.59 Å². The van der Waals surface area contributed by atoms with Crippen molar-refractivity contribution in [3.05, 3.63) is 0 Å². The number of nitrogens with zero attached hydrogens (tertiary/aromatic N) is 1. The maximum Gasteiger partial charge on any atom is 0.210 e. The van der Waals surface area contributed by atoms with E-state index in [4.69, 9.17) is 0 Å². The third-order valence-electron chi connectivity index (χ3n) is 4.69. The standard InChI is InChI=1S/C12H17NO2/c1-8(15)11-10-5-12(2-3-12)4-9(10)6-13(11)7-14/h7,9-11H,2-6H2,1H3/t9-,10-,11+/m0/s1. The van der Waals surface area contributed by atoms with E-state index in [0.717, 1.165) is 13.0 Å². The summed E-state index contributed by atoms with van der Waals surface area (Å²) in [4.78, 5) is 24.2. The van der Waals surface area contributed by atoms with Crippen molar-refractivity contribution in [1.82, 2.24) is 4.90 Å². The van der Waals surface area contributed by atoms with Crippen LogP contribution in [0.2, 0.25) is 0 Å². The maximum absolute atomic E-state index is 11.6. The van der Waals surface area contributed by atoms with Gasteiger partial charge in [0.15, 0.2) is 5.78 Å². The van der Waals surface area contributed by atoms with Gasteiger partial charge in [-0.2, -0.15) is 0 Å². The molecule has 1 saturated heterocycles. The molecule has 2 saturated carbocycles. The zero-order valence-electron chi connectivity index (χ0n) is 9.11. The number of Topliss-reactive ketones (excluding diaryl/α,β-unsaturated/α-hetero) is 1. The van der Waals surface area contributed by atoms with Crippen LogP contribution in [0.3, 0.4) is 0 Å². The molecule has 3 nitrogen and oxygen atoms in total. The van der Waals surface area contributed by atoms with Crippen LogP contribution in [0.25, 0.3) is 0 Å². The summed E-state index contributed by atoms with van der Waals surface area (Å²) >= 11 is 0. The van der Waals surface area contributed by atoms with Gasteiger partial charge in [-0.25, -0.2) is 0 Å². The van der Waals surface area contributed by atoms with E-state index in [1.807, 2.05) is 0 Å². The summed E-state index contributed by atoms with van der Waals surface area (Å²) < 4.78 is 0. The van der Waals surface area contributed by atoms with Crippen molar-refractivity contribution in [3.8, 4) is 0 Å². The molecule has 0 radical (unpaired) electrons. The summed E-state index contributed by atoms with van der Waals surface area (Å²) in [6.45, 7) is 2.45. The van der Waals surface area contributed by atoms with Crippen LogP contribution in [0, 0.1) is 17.3 Å². The molecule has 3 aliphatic rings. The highest BCUT2D eigenvalue weighted by atomic mass is 16.1. The van der Waals surface area contributed by atoms with Gasteiger partial charge in [-0.15, -0.1) is 0 Å². The van der Waals surface area contributed by atoms with Crippen LogP contribution in [0.1, 0.15) is 32.6 Å². The number of likely N-dealkylation sites (tertiary alicyclic amines) is 1. The van der Waals surface area contributed by atoms with Crippen LogP contribution in [-0.2, 0) is 9.59 Å². The molecular formula is C12H17NO2. The Balaban J connectivity index is 1.84. The molecule has 1 heterocycles. The predicted molar refractivity (Wildman–Crippen MR) is 55.1 cm³/mol. The Bertz CT molecular complexity index is 322. The molecule has 82 valence electrons. The summed E-state index contributed by atoms with van der Waals surface area (Å²) in [5, 5.41) is 0. The average molecular weight is 207 g/mol. The Morgan fingerprint density at radius 2 is 2.13 bits per heavy atom. The third-order valence-corrected chi connectivity index (χ3v) is 4.69. The quantitative estimate of drug-likeness (QED) is 0.638. The van der Waals surface area contributed by atoms with E-state index >= 15 is 0 Å². The molecule has 15 heavy (non-hydrogen) atoms. The lowest BCUT2D eigenvalue weighted by molar-refractivity contribution is -0.129. The number of carbonyl (C=O) groups is 2. The van der Waals surface area contributed by atoms with E-state index in [-0.39, 0.29) is 11.8 Å². The minimum absolute atomic E-state index is 0.104. The smallest absolute Gasteiger partial charge is 0.210 e. The fourth-order valence-corrected chi connectivity index (χ4v) is 3.89. The third kappa shape index (κ3) is 1.25. The SMILES string of the molecule is CC(=O)[C@@H]1[C@H]2CC3(CC3)C[C@H]2CN1C=O. The zero-order chi connectivity index (χ0) is 10.6. The van der Waals surface area contributed by atoms with Gasteiger partial charge in [0.2, 0.25) is 6.41 Å². The van der Waals surface area contributed by atoms with E-state index in [2.05, 4.69) is 0 Å². The van der Waals surface area contributed by atoms with Crippen molar-refractivity contribution in [2.24, 2.45) is 17.3 Å². The van der Waals surface area contributed by atoms with Crippen molar-refractivity contribution in [3.63, 3.8) is 0 Å². The summed E-state index contributed by atoms with van der Waals surface area (Å²) in [5.41, 5.74) is 0.595. The van der Waals surface area contributed by atoms with Crippen molar-refractivity contribution >= 4 is 12.2 Å². The molecule has 3 heteroatoms. The number of ketones is 1. The van der Waals surface area contributed by atoms with E-state index < -0.39 is 0 Å². The molecule has 0 unspecified atom stereocenters. The number of rotatable bonds is 2. The predicted octanol–water partition coefficient (Wildman–Crippen LogP) is 1.22. The molecule has 2 aliphatic carbocycles. The Morgan fingerprint density at radius 3 is 2.67 bits per heavy atom. The molecule has 0 aromatic rings. The van der Waals surface area contributed by atoms with Crippen molar-refractivity contribution in [2.45, 2.75) is 38.6 Å². The molecule has 1 spiro atoms. The molecule has 1 aliphatic heterocycles. The number of hydrogen-bond acceptors (Lipinski definition) is 2. The molecular weight excluding hydrogens is 190 g/mol. The molecule has 0 aromatic heterocycles. The van der Waals surface area contributed by atoms with E-state index in [0.29, 0.717) is 17.3 Å². The van der Waals surface area contributed by atoms with Crippen LogP contribution < -0.4 is 0 Å². The van der Waals surface area contributed by atoms with Gasteiger partial charge < -0.3 is 4.90 Å². The van der Waals surface area contributed by atoms with Gasteiger partial charge in [-0.05, 0) is 49.9 Å². The number of hydrogen-bond donors (Lipinski definition) is 0. The van der Waals surface area contributed by atoms with Crippen molar-refractivity contribution in [1.29, 1.82) is 0 Å². The van der Waals surface area contributed by atoms with Crippen LogP contribution in [-0.4, -0.2) is 29.7 Å². The van der Waals surface area contributed by atoms with Crippen LogP contribution in [0.15, 0.2) is 0 Å². The highest BCUT2D eigenvalue weighted by Crippen LogP contribution is 2.64. The average Bonchev–Trinajstić information content (AvgIpc) is 2.67. The van der Waals surface area contributed by atoms with Crippen LogP contribution in [0.4, 0.5) is 0 Å². The molecule has 1 amide bonds. The summed E-state index contributed by atoms with van der Waals surface area (Å²) in [7, 11) is 0. The first-order valence-electron chi connectivity index (χ1n) is 5.87. The maximum atomic E-state index is 11.6. The minimum atomic E-state index is -0.104. The minimum Gasteiger partial charge on any atom is -0.335 e. The second-order valence-corrected chi connectivity index (χ2v) is 5.69. The largest absolute Gasteiger partial charge is 0.335 e. The highest BCUT2D eigenvalue weighted by Gasteiger charge is 2.58. The second-order valence-electron chi connectivity index (χ2n) is 5.69. The Morgan fingerprint density at radius 1 is 1.40 bits per heavy atom. The summed E-state index contributed by atoms with van der Waals surface area (Å²) in [5.74, 6) is 1.24. The molecule has 3 fully saturated rings. The lowest BCUT2D eigenvalue weighted by Gasteiger charge is -2.22. The lowest BCUT2D eigenvalue weighted by Crippen LogP contribution is -2.37. The molecule has 3 rings (SSSR count). The fraction of sp³-hybridized carbons (Fsp3) is 0.833. The zero-order valence-corrected chi connectivity index (χ0v) is 9.11. The monoisotopic (exact) mass is 207 g/mol. The highest BCUT2D eigenvalue weighted by molar-refractivity contribution is 5.84. The van der Waals surface area contributed by atoms with Crippen molar-refractivity contribution < 1.29 is 9.59 Å². The number of amides is 1. The first kappa shape index (κ1) is 9.37. The topological polar surface area (TPSA) is 37.4 Å². The lowest BCUT2D eigenvalue weighted by atomic mass is 9.91. The van der Waals surface area contributed by atoms with E-state index in [9.17, 15) is 9.59 Å². The first-order valence-corrected chi connectivity index (χ1v) is 5.87. The second kappa shape index (κ2) is 2.83. The number of fused-ring (bicyclic) bond motifs is 1. The molecule has 3 atom stereocenters. The van der Waals surface area contributed by atoms with Gasteiger partial charge in [0.1, 0.15) is 0 Å². The van der Waals surface area contributed by atoms with Crippen LogP contribution in [0.5, 0.6) is 0 Å². The summed E-state index contributed by atoms with van der Waals surface area (Å²) in [6.07, 6.45) is 6.01. The molecule has 0 N–H and O–H groups in total. The fourth-order valence-electron chi connectivity index (χ4n) is 3.89. The summed E-state index contributed by atoms with van der Waals surface area (Å²) in [6, 6.07) is -0.104. The van der Waals surface area contributed by atoms with Crippen molar-refractivity contribution in [2.75, 3.05) is 6.54 Å². The first-order chi connectivity index (χ1) is 7.15. The van der Waals surface area contributed by atoms with Gasteiger partial charge in [0.25, 0.3) is 0 Å². The van der Waals surface area contributed by atoms with Gasteiger partial charge >= 0.3 is 0 Å². The Labute approximate surface area is 89.8 Å². The number of carbonyl (C=O) groups excluding carboxylic acids is 2. The van der Waals surface area contributed by atoms with Gasteiger partial charge in [0.05, 0.1) is 6.04 Å². The van der Waals surface area contributed by atoms with E-state index in [1.165, 1.54) is 25.7 Å². The Hall–Kier alpha value is -0.860. The van der Waals surface area contributed by atoms with E-state index in [1.54, 1.807) is 11.8 Å². The van der Waals surface area contributed by atoms with Crippen LogP contribution >= 0.6 is 0 Å².